The lowest BCUT2D eigenvalue weighted by Gasteiger charge is -2.26. The Morgan fingerprint density at radius 3 is 2.68 bits per heavy atom. The van der Waals surface area contributed by atoms with Gasteiger partial charge in [-0.05, 0) is 25.8 Å². The van der Waals surface area contributed by atoms with Crippen LogP contribution in [-0.4, -0.2) is 29.3 Å². The third kappa shape index (κ3) is 3.16. The van der Waals surface area contributed by atoms with Crippen LogP contribution in [0.15, 0.2) is 10.5 Å². The van der Waals surface area contributed by atoms with Gasteiger partial charge >= 0.3 is 5.97 Å². The number of furan rings is 1. The van der Waals surface area contributed by atoms with Gasteiger partial charge in [-0.2, -0.15) is 0 Å². The number of nitrogens with one attached hydrogen (secondary N) is 1. The molecule has 0 unspecified atom stereocenters. The fourth-order valence-electron chi connectivity index (χ4n) is 2.78. The Hall–Kier alpha value is -1.33. The second kappa shape index (κ2) is 5.75. The van der Waals surface area contributed by atoms with Crippen molar-refractivity contribution in [3.63, 3.8) is 0 Å². The summed E-state index contributed by atoms with van der Waals surface area (Å²) in [6.07, 6.45) is 4.47. The number of hydrogen-bond acceptors (Lipinski definition) is 4. The van der Waals surface area contributed by atoms with Gasteiger partial charge in [-0.15, -0.1) is 0 Å². The summed E-state index contributed by atoms with van der Waals surface area (Å²) >= 11 is 0. The summed E-state index contributed by atoms with van der Waals surface area (Å²) in [6.45, 7) is 3.31. The van der Waals surface area contributed by atoms with Gasteiger partial charge in [-0.25, -0.2) is 4.79 Å². The van der Waals surface area contributed by atoms with Crippen molar-refractivity contribution in [2.45, 2.75) is 39.2 Å². The molecule has 0 aromatic carbocycles. The van der Waals surface area contributed by atoms with Crippen LogP contribution in [0, 0.1) is 12.3 Å². The third-order valence-corrected chi connectivity index (χ3v) is 4.05. The summed E-state index contributed by atoms with van der Waals surface area (Å²) in [5, 5.41) is 21.7. The van der Waals surface area contributed by atoms with E-state index < -0.39 is 5.97 Å². The van der Waals surface area contributed by atoms with E-state index in [0.717, 1.165) is 24.9 Å². The summed E-state index contributed by atoms with van der Waals surface area (Å²) in [6, 6.07) is 1.56. The second-order valence-electron chi connectivity index (χ2n) is 5.47. The first-order valence-electron chi connectivity index (χ1n) is 6.70. The minimum atomic E-state index is -1.04. The first kappa shape index (κ1) is 14.1. The lowest BCUT2D eigenvalue weighted by molar-refractivity contribution is 0.0661. The summed E-state index contributed by atoms with van der Waals surface area (Å²) in [5.41, 5.74) is 0.872. The van der Waals surface area contributed by atoms with E-state index in [9.17, 15) is 9.90 Å². The summed E-state index contributed by atoms with van der Waals surface area (Å²) < 4.78 is 5.16. The summed E-state index contributed by atoms with van der Waals surface area (Å²) in [5.74, 6) is -0.432. The molecule has 106 valence electrons. The molecule has 2 rings (SSSR count). The molecule has 1 heterocycles. The molecule has 0 saturated heterocycles. The predicted molar refractivity (Wildman–Crippen MR) is 70.1 cm³/mol. The fourth-order valence-corrected chi connectivity index (χ4v) is 2.78. The second-order valence-corrected chi connectivity index (χ2v) is 5.47. The maximum absolute atomic E-state index is 10.8. The van der Waals surface area contributed by atoms with E-state index >= 15 is 0 Å². The zero-order valence-corrected chi connectivity index (χ0v) is 11.2. The number of carbonyl (C=O) groups is 1. The zero-order chi connectivity index (χ0) is 13.9. The van der Waals surface area contributed by atoms with Crippen molar-refractivity contribution in [2.75, 3.05) is 13.2 Å². The number of carboxylic acids is 1. The number of aromatic carboxylic acids is 1. The van der Waals surface area contributed by atoms with Crippen LogP contribution < -0.4 is 5.32 Å². The molecule has 1 aliphatic rings. The standard InChI is InChI=1S/C14H21NO4/c1-10-11(6-12(19-10)13(17)18)7-15-8-14(9-16)4-2-3-5-14/h6,15-16H,2-5,7-9H2,1H3,(H,17,18). The molecule has 0 amide bonds. The highest BCUT2D eigenvalue weighted by atomic mass is 16.4. The molecule has 0 bridgehead atoms. The molecule has 0 aliphatic heterocycles. The maximum Gasteiger partial charge on any atom is 0.371 e. The van der Waals surface area contributed by atoms with E-state index in [0.29, 0.717) is 12.3 Å². The van der Waals surface area contributed by atoms with E-state index in [2.05, 4.69) is 5.32 Å². The lowest BCUT2D eigenvalue weighted by Crippen LogP contribution is -2.34. The normalized spacial score (nSPS) is 17.8. The van der Waals surface area contributed by atoms with Crippen molar-refractivity contribution < 1.29 is 19.4 Å². The highest BCUT2D eigenvalue weighted by Gasteiger charge is 2.32. The van der Waals surface area contributed by atoms with E-state index in [1.807, 2.05) is 0 Å². The van der Waals surface area contributed by atoms with Crippen molar-refractivity contribution in [3.8, 4) is 0 Å². The molecule has 1 saturated carbocycles. The highest BCUT2D eigenvalue weighted by molar-refractivity contribution is 5.84. The summed E-state index contributed by atoms with van der Waals surface area (Å²) in [4.78, 5) is 10.8. The monoisotopic (exact) mass is 267 g/mol. The van der Waals surface area contributed by atoms with Crippen LogP contribution >= 0.6 is 0 Å². The molecule has 5 heteroatoms. The number of aryl methyl sites for hydroxylation is 1. The van der Waals surface area contributed by atoms with Crippen LogP contribution in [0.3, 0.4) is 0 Å². The average molecular weight is 267 g/mol. The van der Waals surface area contributed by atoms with Crippen LogP contribution in [0.25, 0.3) is 0 Å². The quantitative estimate of drug-likeness (QED) is 0.733. The molecule has 1 aromatic heterocycles. The fraction of sp³-hybridized carbons (Fsp3) is 0.643. The van der Waals surface area contributed by atoms with Crippen LogP contribution in [-0.2, 0) is 6.54 Å². The van der Waals surface area contributed by atoms with Crippen molar-refractivity contribution >= 4 is 5.97 Å². The number of carboxylic acid groups (broad SMARTS) is 1. The number of aliphatic hydroxyl groups is 1. The van der Waals surface area contributed by atoms with Gasteiger partial charge in [0, 0.05) is 30.7 Å². The van der Waals surface area contributed by atoms with Crippen LogP contribution in [0.5, 0.6) is 0 Å². The molecule has 19 heavy (non-hydrogen) atoms. The molecular formula is C14H21NO4. The first-order chi connectivity index (χ1) is 9.06. The molecule has 1 aliphatic carbocycles. The van der Waals surface area contributed by atoms with E-state index in [-0.39, 0.29) is 17.8 Å². The van der Waals surface area contributed by atoms with Gasteiger partial charge in [0.25, 0.3) is 0 Å². The van der Waals surface area contributed by atoms with E-state index in [1.54, 1.807) is 13.0 Å². The lowest BCUT2D eigenvalue weighted by atomic mass is 9.87. The van der Waals surface area contributed by atoms with Crippen molar-refractivity contribution in [3.05, 3.63) is 23.2 Å². The molecule has 1 fully saturated rings. The Morgan fingerprint density at radius 1 is 1.47 bits per heavy atom. The Kier molecular flexibility index (Phi) is 4.27. The molecule has 3 N–H and O–H groups in total. The Balaban J connectivity index is 1.90. The summed E-state index contributed by atoms with van der Waals surface area (Å²) in [7, 11) is 0. The van der Waals surface area contributed by atoms with Crippen LogP contribution in [0.4, 0.5) is 0 Å². The Labute approximate surface area is 112 Å². The molecule has 0 atom stereocenters. The van der Waals surface area contributed by atoms with Crippen molar-refractivity contribution in [2.24, 2.45) is 5.41 Å². The SMILES string of the molecule is Cc1oc(C(=O)O)cc1CNCC1(CO)CCCC1. The van der Waals surface area contributed by atoms with Crippen LogP contribution in [0.1, 0.15) is 47.6 Å². The molecule has 1 aromatic rings. The highest BCUT2D eigenvalue weighted by Crippen LogP contribution is 2.36. The first-order valence-corrected chi connectivity index (χ1v) is 6.70. The van der Waals surface area contributed by atoms with Gasteiger partial charge in [-0.3, -0.25) is 0 Å². The van der Waals surface area contributed by atoms with Crippen LogP contribution in [0.2, 0.25) is 0 Å². The minimum Gasteiger partial charge on any atom is -0.475 e. The van der Waals surface area contributed by atoms with E-state index in [4.69, 9.17) is 9.52 Å². The number of aliphatic hydroxyl groups excluding tert-OH is 1. The van der Waals surface area contributed by atoms with E-state index in [1.165, 1.54) is 12.8 Å². The topological polar surface area (TPSA) is 82.7 Å². The van der Waals surface area contributed by atoms with Gasteiger partial charge < -0.3 is 19.9 Å². The van der Waals surface area contributed by atoms with Gasteiger partial charge in [0.15, 0.2) is 0 Å². The minimum absolute atomic E-state index is 0.00721. The van der Waals surface area contributed by atoms with Crippen molar-refractivity contribution in [1.82, 2.24) is 5.32 Å². The number of hydrogen-bond donors (Lipinski definition) is 3. The predicted octanol–water partition coefficient (Wildman–Crippen LogP) is 1.93. The van der Waals surface area contributed by atoms with Gasteiger partial charge in [0.1, 0.15) is 5.76 Å². The molecule has 5 nitrogen and oxygen atoms in total. The Morgan fingerprint density at radius 2 is 2.16 bits per heavy atom. The van der Waals surface area contributed by atoms with Gasteiger partial charge in [-0.1, -0.05) is 12.8 Å². The largest absolute Gasteiger partial charge is 0.475 e. The number of rotatable bonds is 6. The van der Waals surface area contributed by atoms with Crippen molar-refractivity contribution in [1.29, 1.82) is 0 Å². The molecule has 0 radical (unpaired) electrons. The Bertz CT molecular complexity index is 446. The molecular weight excluding hydrogens is 246 g/mol. The third-order valence-electron chi connectivity index (χ3n) is 4.05. The van der Waals surface area contributed by atoms with Gasteiger partial charge in [0.05, 0.1) is 0 Å². The zero-order valence-electron chi connectivity index (χ0n) is 11.2. The average Bonchev–Trinajstić information content (AvgIpc) is 2.98. The smallest absolute Gasteiger partial charge is 0.371 e. The molecule has 0 spiro atoms. The van der Waals surface area contributed by atoms with Gasteiger partial charge in [0.2, 0.25) is 5.76 Å². The maximum atomic E-state index is 10.8.